The van der Waals surface area contributed by atoms with E-state index in [2.05, 4.69) is 21.2 Å². The molecule has 2 amide bonds. The maximum atomic E-state index is 13.5. The molecule has 35 heavy (non-hydrogen) atoms. The van der Waals surface area contributed by atoms with Gasteiger partial charge in [-0.05, 0) is 53.9 Å². The van der Waals surface area contributed by atoms with Crippen molar-refractivity contribution in [1.82, 2.24) is 10.2 Å². The Hall–Kier alpha value is -3.32. The van der Waals surface area contributed by atoms with E-state index in [4.69, 9.17) is 9.47 Å². The van der Waals surface area contributed by atoms with Crippen molar-refractivity contribution in [2.75, 3.05) is 20.3 Å². The van der Waals surface area contributed by atoms with Crippen LogP contribution in [0, 0.1) is 0 Å². The Bertz CT molecular complexity index is 1090. The number of methoxy groups -OCH3 is 1. The number of nitrogens with one attached hydrogen (secondary N) is 1. The van der Waals surface area contributed by atoms with E-state index in [9.17, 15) is 9.59 Å². The van der Waals surface area contributed by atoms with E-state index in [-0.39, 0.29) is 25.0 Å². The van der Waals surface area contributed by atoms with E-state index in [1.807, 2.05) is 61.5 Å². The molecule has 0 aliphatic carbocycles. The molecule has 3 rings (SSSR count). The molecule has 0 saturated carbocycles. The zero-order valence-electron chi connectivity index (χ0n) is 20.1. The van der Waals surface area contributed by atoms with E-state index in [1.54, 1.807) is 36.3 Å². The van der Waals surface area contributed by atoms with Crippen molar-refractivity contribution in [3.8, 4) is 11.5 Å². The average Bonchev–Trinajstić information content (AvgIpc) is 2.88. The number of rotatable bonds is 12. The quantitative estimate of drug-likeness (QED) is 0.352. The summed E-state index contributed by atoms with van der Waals surface area (Å²) >= 11 is 3.50. The Balaban J connectivity index is 1.87. The first-order chi connectivity index (χ1) is 17.0. The van der Waals surface area contributed by atoms with E-state index in [1.165, 1.54) is 0 Å². The van der Waals surface area contributed by atoms with Crippen molar-refractivity contribution in [1.29, 1.82) is 0 Å². The van der Waals surface area contributed by atoms with Crippen LogP contribution < -0.4 is 14.8 Å². The second kappa shape index (κ2) is 13.5. The van der Waals surface area contributed by atoms with Crippen LogP contribution in [0.3, 0.4) is 0 Å². The van der Waals surface area contributed by atoms with E-state index >= 15 is 0 Å². The van der Waals surface area contributed by atoms with Crippen LogP contribution in [0.5, 0.6) is 11.5 Å². The van der Waals surface area contributed by atoms with Crippen molar-refractivity contribution in [2.45, 2.75) is 32.4 Å². The van der Waals surface area contributed by atoms with Crippen LogP contribution in [0.2, 0.25) is 0 Å². The van der Waals surface area contributed by atoms with Crippen LogP contribution in [0.25, 0.3) is 0 Å². The highest BCUT2D eigenvalue weighted by molar-refractivity contribution is 9.10. The van der Waals surface area contributed by atoms with Crippen LogP contribution in [0.4, 0.5) is 0 Å². The van der Waals surface area contributed by atoms with Gasteiger partial charge in [0.25, 0.3) is 5.91 Å². The lowest BCUT2D eigenvalue weighted by Crippen LogP contribution is -2.51. The van der Waals surface area contributed by atoms with Gasteiger partial charge in [0.15, 0.2) is 6.61 Å². The number of amides is 2. The molecule has 0 bridgehead atoms. The topological polar surface area (TPSA) is 67.9 Å². The highest BCUT2D eigenvalue weighted by atomic mass is 79.9. The minimum absolute atomic E-state index is 0.177. The van der Waals surface area contributed by atoms with Gasteiger partial charge in [0.2, 0.25) is 5.91 Å². The van der Waals surface area contributed by atoms with Crippen molar-refractivity contribution in [3.63, 3.8) is 0 Å². The van der Waals surface area contributed by atoms with Gasteiger partial charge in [0.1, 0.15) is 17.5 Å². The van der Waals surface area contributed by atoms with Crippen LogP contribution >= 0.6 is 15.9 Å². The molecule has 0 aliphatic heterocycles. The number of carbonyl (C=O) groups is 2. The molecular weight excluding hydrogens is 508 g/mol. The summed E-state index contributed by atoms with van der Waals surface area (Å²) in [6.07, 6.45) is 1.21. The summed E-state index contributed by atoms with van der Waals surface area (Å²) in [5.41, 5.74) is 1.89. The first-order valence-corrected chi connectivity index (χ1v) is 12.4. The Kier molecular flexibility index (Phi) is 10.2. The molecule has 0 unspecified atom stereocenters. The van der Waals surface area contributed by atoms with Gasteiger partial charge < -0.3 is 19.7 Å². The van der Waals surface area contributed by atoms with Gasteiger partial charge in [-0.15, -0.1) is 0 Å². The van der Waals surface area contributed by atoms with Crippen LogP contribution in [-0.4, -0.2) is 43.0 Å². The number of nitrogens with zero attached hydrogens (tertiary/aromatic N) is 1. The zero-order chi connectivity index (χ0) is 25.0. The number of ether oxygens (including phenoxy) is 2. The first-order valence-electron chi connectivity index (χ1n) is 11.6. The second-order valence-electron chi connectivity index (χ2n) is 8.11. The molecule has 0 heterocycles. The molecule has 0 saturated heterocycles. The van der Waals surface area contributed by atoms with Crippen molar-refractivity contribution in [3.05, 3.63) is 94.5 Å². The van der Waals surface area contributed by atoms with Gasteiger partial charge in [-0.2, -0.15) is 0 Å². The van der Waals surface area contributed by atoms with Crippen LogP contribution in [0.15, 0.2) is 83.3 Å². The Morgan fingerprint density at radius 2 is 1.63 bits per heavy atom. The molecular formula is C28H31BrN2O4. The number of hydrogen-bond donors (Lipinski definition) is 1. The molecule has 184 valence electrons. The first kappa shape index (κ1) is 26.3. The lowest BCUT2D eigenvalue weighted by atomic mass is 10.0. The standard InChI is InChI=1S/C28H31BrN2O4/c1-3-16-30-28(33)26(18-21-8-5-4-6-9-21)31(19-22-10-7-11-23(29)17-22)27(32)20-35-25-14-12-24(34-2)13-15-25/h4-15,17,26H,3,16,18-20H2,1-2H3,(H,30,33)/t26-/m1/s1. The van der Waals surface area contributed by atoms with Crippen molar-refractivity contribution in [2.24, 2.45) is 0 Å². The molecule has 0 radical (unpaired) electrons. The smallest absolute Gasteiger partial charge is 0.261 e. The molecule has 0 spiro atoms. The molecule has 0 fully saturated rings. The third kappa shape index (κ3) is 8.14. The Morgan fingerprint density at radius 1 is 0.943 bits per heavy atom. The lowest BCUT2D eigenvalue weighted by Gasteiger charge is -2.31. The number of benzene rings is 3. The summed E-state index contributed by atoms with van der Waals surface area (Å²) < 4.78 is 11.9. The van der Waals surface area contributed by atoms with Gasteiger partial charge in [-0.3, -0.25) is 9.59 Å². The summed E-state index contributed by atoms with van der Waals surface area (Å²) in [5, 5.41) is 2.97. The Morgan fingerprint density at radius 3 is 2.29 bits per heavy atom. The monoisotopic (exact) mass is 538 g/mol. The molecule has 3 aromatic rings. The lowest BCUT2D eigenvalue weighted by molar-refractivity contribution is -0.142. The fraction of sp³-hybridized carbons (Fsp3) is 0.286. The molecule has 3 aromatic carbocycles. The van der Waals surface area contributed by atoms with Gasteiger partial charge in [-0.1, -0.05) is 65.3 Å². The second-order valence-corrected chi connectivity index (χ2v) is 9.03. The zero-order valence-corrected chi connectivity index (χ0v) is 21.7. The largest absolute Gasteiger partial charge is 0.497 e. The van der Waals surface area contributed by atoms with E-state index in [0.717, 1.165) is 22.0 Å². The maximum absolute atomic E-state index is 13.5. The third-order valence-electron chi connectivity index (χ3n) is 5.48. The minimum atomic E-state index is -0.685. The van der Waals surface area contributed by atoms with Crippen LogP contribution in [0.1, 0.15) is 24.5 Å². The average molecular weight is 539 g/mol. The van der Waals surface area contributed by atoms with Gasteiger partial charge in [-0.25, -0.2) is 0 Å². The Labute approximate surface area is 215 Å². The molecule has 1 N–H and O–H groups in total. The summed E-state index contributed by atoms with van der Waals surface area (Å²) in [4.78, 5) is 28.4. The highest BCUT2D eigenvalue weighted by Gasteiger charge is 2.30. The van der Waals surface area contributed by atoms with E-state index in [0.29, 0.717) is 24.5 Å². The maximum Gasteiger partial charge on any atom is 0.261 e. The van der Waals surface area contributed by atoms with Gasteiger partial charge in [0, 0.05) is 24.0 Å². The normalized spacial score (nSPS) is 11.4. The van der Waals surface area contributed by atoms with Crippen molar-refractivity contribution < 1.29 is 19.1 Å². The predicted molar refractivity (Wildman–Crippen MR) is 140 cm³/mol. The predicted octanol–water partition coefficient (Wildman–Crippen LogP) is 5.00. The fourth-order valence-electron chi connectivity index (χ4n) is 3.65. The summed E-state index contributed by atoms with van der Waals surface area (Å²) in [7, 11) is 1.59. The summed E-state index contributed by atoms with van der Waals surface area (Å²) in [5.74, 6) is 0.809. The highest BCUT2D eigenvalue weighted by Crippen LogP contribution is 2.20. The summed E-state index contributed by atoms with van der Waals surface area (Å²) in [6.45, 7) is 2.64. The van der Waals surface area contributed by atoms with Gasteiger partial charge in [0.05, 0.1) is 7.11 Å². The van der Waals surface area contributed by atoms with Gasteiger partial charge >= 0.3 is 0 Å². The molecule has 6 nitrogen and oxygen atoms in total. The number of hydrogen-bond acceptors (Lipinski definition) is 4. The fourth-order valence-corrected chi connectivity index (χ4v) is 4.10. The SMILES string of the molecule is CCCNC(=O)[C@@H](Cc1ccccc1)N(Cc1cccc(Br)c1)C(=O)COc1ccc(OC)cc1. The van der Waals surface area contributed by atoms with Crippen molar-refractivity contribution >= 4 is 27.7 Å². The molecule has 7 heteroatoms. The van der Waals surface area contributed by atoms with Crippen LogP contribution in [-0.2, 0) is 22.6 Å². The molecule has 0 aromatic heterocycles. The number of carbonyl (C=O) groups excluding carboxylic acids is 2. The molecule has 1 atom stereocenters. The summed E-state index contributed by atoms with van der Waals surface area (Å²) in [6, 6.07) is 23.8. The van der Waals surface area contributed by atoms with E-state index < -0.39 is 6.04 Å². The number of halogens is 1. The molecule has 0 aliphatic rings. The minimum Gasteiger partial charge on any atom is -0.497 e. The third-order valence-corrected chi connectivity index (χ3v) is 5.98.